The molecule has 0 saturated heterocycles. The lowest BCUT2D eigenvalue weighted by Gasteiger charge is -2.34. The molecule has 1 aliphatic heterocycles. The molecule has 0 fully saturated rings. The van der Waals surface area contributed by atoms with E-state index in [4.69, 9.17) is 9.47 Å². The predicted octanol–water partition coefficient (Wildman–Crippen LogP) is 3.27. The van der Waals surface area contributed by atoms with Gasteiger partial charge in [-0.2, -0.15) is 0 Å². The van der Waals surface area contributed by atoms with Crippen LogP contribution in [-0.2, 0) is 16.0 Å². The normalized spacial score (nSPS) is 15.7. The van der Waals surface area contributed by atoms with Crippen LogP contribution in [0.4, 0.5) is 5.69 Å². The first-order valence-corrected chi connectivity index (χ1v) is 9.58. The lowest BCUT2D eigenvalue weighted by atomic mass is 9.91. The van der Waals surface area contributed by atoms with Gasteiger partial charge in [0.05, 0.1) is 19.4 Å². The largest absolute Gasteiger partial charge is 0.493 e. The SMILES string of the molecule is CCOc1cc2c(cc1OC)CCN(C=O)[C@@H]2C(=O)Nc1c[nH]c2ccccc12. The molecule has 1 aromatic heterocycles. The predicted molar refractivity (Wildman–Crippen MR) is 110 cm³/mol. The van der Waals surface area contributed by atoms with Crippen molar-refractivity contribution in [2.75, 3.05) is 25.6 Å². The van der Waals surface area contributed by atoms with Crippen molar-refractivity contribution in [1.29, 1.82) is 0 Å². The summed E-state index contributed by atoms with van der Waals surface area (Å²) >= 11 is 0. The molecule has 0 radical (unpaired) electrons. The van der Waals surface area contributed by atoms with Crippen molar-refractivity contribution in [2.24, 2.45) is 0 Å². The van der Waals surface area contributed by atoms with Gasteiger partial charge in [-0.05, 0) is 42.7 Å². The van der Waals surface area contributed by atoms with Gasteiger partial charge >= 0.3 is 0 Å². The topological polar surface area (TPSA) is 83.7 Å². The van der Waals surface area contributed by atoms with E-state index in [9.17, 15) is 9.59 Å². The standard InChI is InChI=1S/C22H23N3O4/c1-3-29-20-11-16-14(10-19(20)28-2)8-9-25(13-26)21(16)22(27)24-18-12-23-17-7-5-4-6-15(17)18/h4-7,10-13,21,23H,3,8-9H2,1-2H3,(H,24,27)/t21-/m0/s1. The van der Waals surface area contributed by atoms with E-state index in [2.05, 4.69) is 10.3 Å². The average Bonchev–Trinajstić information content (AvgIpc) is 3.15. The first-order valence-electron chi connectivity index (χ1n) is 9.58. The number of H-pyrrole nitrogens is 1. The van der Waals surface area contributed by atoms with Crippen molar-refractivity contribution in [2.45, 2.75) is 19.4 Å². The van der Waals surface area contributed by atoms with Crippen molar-refractivity contribution >= 4 is 28.9 Å². The fourth-order valence-corrected chi connectivity index (χ4v) is 3.86. The molecule has 2 heterocycles. The van der Waals surface area contributed by atoms with Gasteiger partial charge in [-0.25, -0.2) is 0 Å². The van der Waals surface area contributed by atoms with Crippen molar-refractivity contribution in [3.63, 3.8) is 0 Å². The smallest absolute Gasteiger partial charge is 0.251 e. The number of methoxy groups -OCH3 is 1. The minimum absolute atomic E-state index is 0.268. The van der Waals surface area contributed by atoms with E-state index >= 15 is 0 Å². The molecular weight excluding hydrogens is 370 g/mol. The van der Waals surface area contributed by atoms with Gasteiger partial charge in [-0.3, -0.25) is 9.59 Å². The number of ether oxygens (including phenoxy) is 2. The highest BCUT2D eigenvalue weighted by Gasteiger charge is 2.34. The number of hydrogen-bond acceptors (Lipinski definition) is 4. The van der Waals surface area contributed by atoms with Crippen LogP contribution in [0.5, 0.6) is 11.5 Å². The van der Waals surface area contributed by atoms with E-state index in [1.54, 1.807) is 13.3 Å². The number of benzene rings is 2. The zero-order valence-corrected chi connectivity index (χ0v) is 16.4. The molecule has 7 nitrogen and oxygen atoms in total. The minimum atomic E-state index is -0.741. The number of carbonyl (C=O) groups is 2. The highest BCUT2D eigenvalue weighted by atomic mass is 16.5. The molecule has 150 valence electrons. The maximum atomic E-state index is 13.3. The third-order valence-corrected chi connectivity index (χ3v) is 5.22. The molecule has 2 N–H and O–H groups in total. The lowest BCUT2D eigenvalue weighted by Crippen LogP contribution is -2.41. The third-order valence-electron chi connectivity index (χ3n) is 5.22. The molecule has 3 aromatic rings. The molecule has 1 aliphatic rings. The summed E-state index contributed by atoms with van der Waals surface area (Å²) in [6, 6.07) is 10.7. The summed E-state index contributed by atoms with van der Waals surface area (Å²) in [5.41, 5.74) is 3.34. The maximum absolute atomic E-state index is 13.3. The van der Waals surface area contributed by atoms with E-state index in [0.29, 0.717) is 36.8 Å². The minimum Gasteiger partial charge on any atom is -0.493 e. The number of carbonyl (C=O) groups excluding carboxylic acids is 2. The highest BCUT2D eigenvalue weighted by Crippen LogP contribution is 2.38. The summed E-state index contributed by atoms with van der Waals surface area (Å²) in [5, 5.41) is 3.89. The van der Waals surface area contributed by atoms with Gasteiger partial charge in [-0.15, -0.1) is 0 Å². The number of amides is 2. The van der Waals surface area contributed by atoms with Crippen molar-refractivity contribution < 1.29 is 19.1 Å². The van der Waals surface area contributed by atoms with Crippen LogP contribution in [0.2, 0.25) is 0 Å². The monoisotopic (exact) mass is 393 g/mol. The number of hydrogen-bond donors (Lipinski definition) is 2. The van der Waals surface area contributed by atoms with Crippen LogP contribution in [0.15, 0.2) is 42.6 Å². The Morgan fingerprint density at radius 1 is 1.31 bits per heavy atom. The molecule has 0 aliphatic carbocycles. The van der Waals surface area contributed by atoms with E-state index in [0.717, 1.165) is 28.4 Å². The zero-order valence-electron chi connectivity index (χ0n) is 16.4. The van der Waals surface area contributed by atoms with E-state index in [1.807, 2.05) is 43.3 Å². The molecule has 2 amide bonds. The molecule has 0 bridgehead atoms. The summed E-state index contributed by atoms with van der Waals surface area (Å²) in [4.78, 5) is 29.7. The van der Waals surface area contributed by atoms with Gasteiger partial charge in [0.2, 0.25) is 6.41 Å². The van der Waals surface area contributed by atoms with Crippen LogP contribution in [0.1, 0.15) is 24.1 Å². The molecule has 0 saturated carbocycles. The first kappa shape index (κ1) is 18.9. The fourth-order valence-electron chi connectivity index (χ4n) is 3.86. The summed E-state index contributed by atoms with van der Waals surface area (Å²) in [6.07, 6.45) is 3.14. The Labute approximate surface area is 168 Å². The van der Waals surface area contributed by atoms with Gasteiger partial charge < -0.3 is 24.7 Å². The number of nitrogens with zero attached hydrogens (tertiary/aromatic N) is 1. The zero-order chi connectivity index (χ0) is 20.4. The van der Waals surface area contributed by atoms with Crippen LogP contribution in [0.25, 0.3) is 10.9 Å². The van der Waals surface area contributed by atoms with Crippen LogP contribution < -0.4 is 14.8 Å². The van der Waals surface area contributed by atoms with Gasteiger partial charge in [-0.1, -0.05) is 18.2 Å². The Kier molecular flexibility index (Phi) is 5.12. The molecule has 2 aromatic carbocycles. The van der Waals surface area contributed by atoms with Crippen LogP contribution >= 0.6 is 0 Å². The summed E-state index contributed by atoms with van der Waals surface area (Å²) in [7, 11) is 1.59. The Morgan fingerprint density at radius 3 is 2.90 bits per heavy atom. The second-order valence-corrected chi connectivity index (χ2v) is 6.87. The number of para-hydroxylation sites is 1. The molecule has 7 heteroatoms. The molecule has 0 unspecified atom stereocenters. The molecule has 0 spiro atoms. The molecule has 29 heavy (non-hydrogen) atoms. The average molecular weight is 393 g/mol. The Balaban J connectivity index is 1.72. The van der Waals surface area contributed by atoms with E-state index in [1.165, 1.54) is 4.90 Å². The summed E-state index contributed by atoms with van der Waals surface area (Å²) < 4.78 is 11.1. The Hall–Kier alpha value is -3.48. The highest BCUT2D eigenvalue weighted by molar-refractivity contribution is 6.04. The number of aromatic amines is 1. The third kappa shape index (κ3) is 3.40. The van der Waals surface area contributed by atoms with Crippen molar-refractivity contribution in [3.05, 3.63) is 53.7 Å². The second-order valence-electron chi connectivity index (χ2n) is 6.87. The van der Waals surface area contributed by atoms with Gasteiger partial charge in [0, 0.05) is 23.6 Å². The summed E-state index contributed by atoms with van der Waals surface area (Å²) in [5.74, 6) is 0.919. The molecule has 1 atom stereocenters. The maximum Gasteiger partial charge on any atom is 0.251 e. The van der Waals surface area contributed by atoms with Crippen LogP contribution in [0.3, 0.4) is 0 Å². The second kappa shape index (κ2) is 7.87. The molecular formula is C22H23N3O4. The van der Waals surface area contributed by atoms with Crippen LogP contribution in [0, 0.1) is 0 Å². The Morgan fingerprint density at radius 2 is 2.14 bits per heavy atom. The fraction of sp³-hybridized carbons (Fsp3) is 0.273. The number of anilines is 1. The van der Waals surface area contributed by atoms with E-state index < -0.39 is 6.04 Å². The van der Waals surface area contributed by atoms with Gasteiger partial charge in [0.25, 0.3) is 5.91 Å². The molecule has 4 rings (SSSR count). The van der Waals surface area contributed by atoms with Crippen molar-refractivity contribution in [3.8, 4) is 11.5 Å². The van der Waals surface area contributed by atoms with Crippen LogP contribution in [-0.4, -0.2) is 42.5 Å². The number of fused-ring (bicyclic) bond motifs is 2. The van der Waals surface area contributed by atoms with Crippen molar-refractivity contribution in [1.82, 2.24) is 9.88 Å². The number of nitrogens with one attached hydrogen (secondary N) is 2. The van der Waals surface area contributed by atoms with E-state index in [-0.39, 0.29) is 5.91 Å². The summed E-state index contributed by atoms with van der Waals surface area (Å²) in [6.45, 7) is 2.82. The Bertz CT molecular complexity index is 1060. The van der Waals surface area contributed by atoms with Gasteiger partial charge in [0.15, 0.2) is 11.5 Å². The lowest BCUT2D eigenvalue weighted by molar-refractivity contribution is -0.130. The first-order chi connectivity index (χ1) is 14.2. The number of aromatic nitrogens is 1. The van der Waals surface area contributed by atoms with Gasteiger partial charge in [0.1, 0.15) is 6.04 Å². The number of rotatable bonds is 6. The quantitative estimate of drug-likeness (QED) is 0.630.